The molecule has 0 radical (unpaired) electrons. The first-order valence-electron chi connectivity index (χ1n) is 8.05. The highest BCUT2D eigenvalue weighted by Crippen LogP contribution is 2.33. The van der Waals surface area contributed by atoms with Crippen LogP contribution in [-0.2, 0) is 9.59 Å². The highest BCUT2D eigenvalue weighted by atomic mass is 79.9. The van der Waals surface area contributed by atoms with E-state index in [0.29, 0.717) is 15.7 Å². The summed E-state index contributed by atoms with van der Waals surface area (Å²) in [5.74, 6) is -0.895. The monoisotopic (exact) mass is 478 g/mol. The quantitative estimate of drug-likeness (QED) is 0.484. The minimum atomic E-state index is -0.521. The normalized spacial score (nSPS) is 15.4. The number of thioether (sulfide) groups is 2. The molecule has 28 heavy (non-hydrogen) atoms. The molecule has 2 aromatic rings. The summed E-state index contributed by atoms with van der Waals surface area (Å²) in [4.78, 5) is 39.1. The van der Waals surface area contributed by atoms with Crippen molar-refractivity contribution in [3.05, 3.63) is 57.4 Å². The number of imide groups is 1. The molecule has 0 aliphatic carbocycles. The van der Waals surface area contributed by atoms with Crippen LogP contribution in [0.1, 0.15) is 5.56 Å². The van der Waals surface area contributed by atoms with Crippen molar-refractivity contribution in [3.8, 4) is 5.75 Å². The average Bonchev–Trinajstić information content (AvgIpc) is 2.92. The van der Waals surface area contributed by atoms with Crippen LogP contribution in [0.2, 0.25) is 0 Å². The summed E-state index contributed by atoms with van der Waals surface area (Å²) >= 11 is 5.53. The molecule has 1 aliphatic heterocycles. The van der Waals surface area contributed by atoms with Gasteiger partial charge >= 0.3 is 0 Å². The Morgan fingerprint density at radius 3 is 2.79 bits per heavy atom. The van der Waals surface area contributed by atoms with Crippen molar-refractivity contribution in [3.63, 3.8) is 0 Å². The molecular formula is C19H15BrN2O4S2. The van der Waals surface area contributed by atoms with Gasteiger partial charge in [-0.15, -0.1) is 11.8 Å². The van der Waals surface area contributed by atoms with Crippen LogP contribution in [-0.4, -0.2) is 39.9 Å². The third kappa shape index (κ3) is 4.78. The van der Waals surface area contributed by atoms with Gasteiger partial charge < -0.3 is 10.4 Å². The van der Waals surface area contributed by atoms with E-state index in [2.05, 4.69) is 21.2 Å². The first-order chi connectivity index (χ1) is 13.4. The SMILES string of the molecule is CSc1cccc(NC(=O)CN2C(=O)S/C(=C/c3ccc(O)c(Br)c3)C2=O)c1. The van der Waals surface area contributed by atoms with Crippen LogP contribution in [0.4, 0.5) is 10.5 Å². The number of nitrogens with one attached hydrogen (secondary N) is 1. The molecule has 0 atom stereocenters. The van der Waals surface area contributed by atoms with Crippen LogP contribution in [0.5, 0.6) is 5.75 Å². The Hall–Kier alpha value is -2.23. The van der Waals surface area contributed by atoms with Crippen molar-refractivity contribution >= 4 is 68.3 Å². The second kappa shape index (κ2) is 8.85. The van der Waals surface area contributed by atoms with E-state index in [-0.39, 0.29) is 17.2 Å². The Morgan fingerprint density at radius 1 is 1.29 bits per heavy atom. The molecule has 6 nitrogen and oxygen atoms in total. The zero-order valence-electron chi connectivity index (χ0n) is 14.6. The molecular weight excluding hydrogens is 464 g/mol. The van der Waals surface area contributed by atoms with Crippen molar-refractivity contribution in [1.82, 2.24) is 4.90 Å². The van der Waals surface area contributed by atoms with Gasteiger partial charge in [-0.1, -0.05) is 12.1 Å². The number of amides is 3. The van der Waals surface area contributed by atoms with Gasteiger partial charge in [-0.3, -0.25) is 19.3 Å². The molecule has 1 saturated heterocycles. The number of benzene rings is 2. The molecule has 3 rings (SSSR count). The molecule has 144 valence electrons. The number of phenolic OH excluding ortho intramolecular Hbond substituents is 1. The minimum Gasteiger partial charge on any atom is -0.507 e. The van der Waals surface area contributed by atoms with E-state index in [1.54, 1.807) is 36.0 Å². The van der Waals surface area contributed by atoms with Crippen LogP contribution in [0, 0.1) is 0 Å². The second-order valence-corrected chi connectivity index (χ2v) is 8.49. The van der Waals surface area contributed by atoms with Gasteiger partial charge in [0.25, 0.3) is 11.1 Å². The fraction of sp³-hybridized carbons (Fsp3) is 0.105. The van der Waals surface area contributed by atoms with Gasteiger partial charge in [0, 0.05) is 10.6 Å². The maximum absolute atomic E-state index is 12.5. The number of carbonyl (C=O) groups is 3. The minimum absolute atomic E-state index is 0.0764. The molecule has 0 bridgehead atoms. The van der Waals surface area contributed by atoms with Crippen molar-refractivity contribution in [1.29, 1.82) is 0 Å². The van der Waals surface area contributed by atoms with Crippen LogP contribution < -0.4 is 5.32 Å². The largest absolute Gasteiger partial charge is 0.507 e. The highest BCUT2D eigenvalue weighted by molar-refractivity contribution is 9.10. The number of hydrogen-bond donors (Lipinski definition) is 2. The number of halogens is 1. The lowest BCUT2D eigenvalue weighted by molar-refractivity contribution is -0.127. The van der Waals surface area contributed by atoms with Gasteiger partial charge in [0.1, 0.15) is 12.3 Å². The van der Waals surface area contributed by atoms with Crippen molar-refractivity contribution in [2.75, 3.05) is 18.1 Å². The molecule has 1 heterocycles. The standard InChI is InChI=1S/C19H15BrN2O4S2/c1-27-13-4-2-3-12(9-13)21-17(24)10-22-18(25)16(28-19(22)26)8-11-5-6-15(23)14(20)7-11/h2-9,23H,10H2,1H3,(H,21,24)/b16-8+. The van der Waals surface area contributed by atoms with Crippen molar-refractivity contribution in [2.45, 2.75) is 4.90 Å². The summed E-state index contributed by atoms with van der Waals surface area (Å²) in [7, 11) is 0. The summed E-state index contributed by atoms with van der Waals surface area (Å²) in [6, 6.07) is 12.0. The number of carbonyl (C=O) groups excluding carboxylic acids is 3. The van der Waals surface area contributed by atoms with Crippen molar-refractivity contribution < 1.29 is 19.5 Å². The molecule has 0 spiro atoms. The van der Waals surface area contributed by atoms with Crippen LogP contribution in [0.25, 0.3) is 6.08 Å². The third-order valence-electron chi connectivity index (χ3n) is 3.80. The van der Waals surface area contributed by atoms with E-state index in [9.17, 15) is 19.5 Å². The first-order valence-corrected chi connectivity index (χ1v) is 10.9. The van der Waals surface area contributed by atoms with Gasteiger partial charge in [-0.05, 0) is 75.9 Å². The highest BCUT2D eigenvalue weighted by Gasteiger charge is 2.36. The third-order valence-corrected chi connectivity index (χ3v) is 6.07. The molecule has 2 aromatic carbocycles. The number of anilines is 1. The predicted molar refractivity (Wildman–Crippen MR) is 115 cm³/mol. The lowest BCUT2D eigenvalue weighted by Gasteiger charge is -2.12. The Balaban J connectivity index is 1.70. The first kappa shape index (κ1) is 20.5. The lowest BCUT2D eigenvalue weighted by atomic mass is 10.2. The number of rotatable bonds is 5. The Bertz CT molecular complexity index is 994. The van der Waals surface area contributed by atoms with E-state index >= 15 is 0 Å². The molecule has 2 N–H and O–H groups in total. The Kier molecular flexibility index (Phi) is 6.48. The molecule has 9 heteroatoms. The number of hydrogen-bond acceptors (Lipinski definition) is 6. The summed E-state index contributed by atoms with van der Waals surface area (Å²) in [6.07, 6.45) is 3.48. The number of nitrogens with zero attached hydrogens (tertiary/aromatic N) is 1. The van der Waals surface area contributed by atoms with Gasteiger partial charge in [0.15, 0.2) is 0 Å². The molecule has 0 aromatic heterocycles. The number of aromatic hydroxyl groups is 1. The zero-order valence-corrected chi connectivity index (χ0v) is 17.9. The fourth-order valence-corrected chi connectivity index (χ4v) is 4.14. The van der Waals surface area contributed by atoms with E-state index in [1.807, 2.05) is 24.5 Å². The zero-order chi connectivity index (χ0) is 20.3. The summed E-state index contributed by atoms with van der Waals surface area (Å²) < 4.78 is 0.479. The molecule has 3 amide bonds. The average molecular weight is 479 g/mol. The van der Waals surface area contributed by atoms with Gasteiger partial charge in [-0.25, -0.2) is 0 Å². The van der Waals surface area contributed by atoms with Gasteiger partial charge in [0.05, 0.1) is 9.38 Å². The Labute approximate surface area is 178 Å². The van der Waals surface area contributed by atoms with E-state index in [4.69, 9.17) is 0 Å². The summed E-state index contributed by atoms with van der Waals surface area (Å²) in [5.41, 5.74) is 1.25. The molecule has 1 aliphatic rings. The fourth-order valence-electron chi connectivity index (χ4n) is 2.45. The molecule has 0 saturated carbocycles. The molecule has 1 fully saturated rings. The molecule has 0 unspecified atom stereocenters. The van der Waals surface area contributed by atoms with Crippen molar-refractivity contribution in [2.24, 2.45) is 0 Å². The smallest absolute Gasteiger partial charge is 0.294 e. The van der Waals surface area contributed by atoms with E-state index in [1.165, 1.54) is 6.07 Å². The van der Waals surface area contributed by atoms with Crippen LogP contribution in [0.15, 0.2) is 56.7 Å². The Morgan fingerprint density at radius 2 is 2.07 bits per heavy atom. The van der Waals surface area contributed by atoms with Gasteiger partial charge in [-0.2, -0.15) is 0 Å². The number of phenols is 1. The topological polar surface area (TPSA) is 86.7 Å². The summed E-state index contributed by atoms with van der Waals surface area (Å²) in [6.45, 7) is -0.356. The second-order valence-electron chi connectivity index (χ2n) is 5.76. The maximum Gasteiger partial charge on any atom is 0.294 e. The van der Waals surface area contributed by atoms with Crippen LogP contribution in [0.3, 0.4) is 0 Å². The lowest BCUT2D eigenvalue weighted by Crippen LogP contribution is -2.36. The van der Waals surface area contributed by atoms with Gasteiger partial charge in [0.2, 0.25) is 5.91 Å². The van der Waals surface area contributed by atoms with E-state index in [0.717, 1.165) is 21.6 Å². The van der Waals surface area contributed by atoms with E-state index < -0.39 is 17.1 Å². The van der Waals surface area contributed by atoms with Crippen LogP contribution >= 0.6 is 39.5 Å². The maximum atomic E-state index is 12.5. The predicted octanol–water partition coefficient (Wildman–Crippen LogP) is 4.55. The summed E-state index contributed by atoms with van der Waals surface area (Å²) in [5, 5.41) is 11.7.